The van der Waals surface area contributed by atoms with Gasteiger partial charge in [0.2, 0.25) is 0 Å². The zero-order valence-electron chi connectivity index (χ0n) is 14.4. The van der Waals surface area contributed by atoms with Gasteiger partial charge in [0, 0.05) is 6.26 Å². The summed E-state index contributed by atoms with van der Waals surface area (Å²) in [7, 11) is -3.27. The molecular weight excluding hydrogens is 352 g/mol. The highest BCUT2D eigenvalue weighted by molar-refractivity contribution is 7.90. The molecule has 0 saturated heterocycles. The van der Waals surface area contributed by atoms with Crippen LogP contribution in [0, 0.1) is 6.92 Å². The van der Waals surface area contributed by atoms with Gasteiger partial charge < -0.3 is 5.11 Å². The van der Waals surface area contributed by atoms with E-state index in [1.807, 2.05) is 43.3 Å². The Kier molecular flexibility index (Phi) is 4.65. The number of benzene rings is 2. The van der Waals surface area contributed by atoms with Gasteiger partial charge in [-0.25, -0.2) is 8.42 Å². The number of hydrogen-bond acceptors (Lipinski definition) is 4. The minimum Gasteiger partial charge on any atom is -0.480 e. The van der Waals surface area contributed by atoms with Crippen LogP contribution in [0.5, 0.6) is 0 Å². The second-order valence-electron chi connectivity index (χ2n) is 6.10. The van der Waals surface area contributed by atoms with E-state index in [-0.39, 0.29) is 11.4 Å². The Morgan fingerprint density at radius 3 is 2.31 bits per heavy atom. The van der Waals surface area contributed by atoms with Crippen LogP contribution in [0.1, 0.15) is 5.69 Å². The van der Waals surface area contributed by atoms with Crippen molar-refractivity contribution < 1.29 is 18.3 Å². The van der Waals surface area contributed by atoms with Crippen LogP contribution in [-0.2, 0) is 21.2 Å². The molecule has 3 rings (SSSR count). The van der Waals surface area contributed by atoms with Crippen LogP contribution in [0.25, 0.3) is 22.4 Å². The van der Waals surface area contributed by atoms with Crippen molar-refractivity contribution >= 4 is 15.8 Å². The molecule has 0 saturated carbocycles. The zero-order chi connectivity index (χ0) is 18.9. The normalized spacial score (nSPS) is 11.5. The number of aromatic nitrogens is 2. The van der Waals surface area contributed by atoms with Gasteiger partial charge in [-0.05, 0) is 41.8 Å². The van der Waals surface area contributed by atoms with E-state index in [4.69, 9.17) is 5.11 Å². The van der Waals surface area contributed by atoms with Gasteiger partial charge in [0.05, 0.1) is 16.3 Å². The van der Waals surface area contributed by atoms with E-state index >= 15 is 0 Å². The molecule has 2 aromatic carbocycles. The molecule has 0 unspecified atom stereocenters. The molecule has 0 atom stereocenters. The van der Waals surface area contributed by atoms with Crippen molar-refractivity contribution in [3.63, 3.8) is 0 Å². The van der Waals surface area contributed by atoms with Crippen LogP contribution in [0.4, 0.5) is 0 Å². The summed E-state index contributed by atoms with van der Waals surface area (Å²) in [5, 5.41) is 13.2. The Morgan fingerprint density at radius 1 is 1.04 bits per heavy atom. The molecule has 3 aromatic rings. The molecule has 1 aromatic heterocycles. The molecular formula is C19H18N2O4S. The third-order valence-corrected chi connectivity index (χ3v) is 5.07. The maximum atomic E-state index is 11.7. The number of rotatable bonds is 5. The van der Waals surface area contributed by atoms with Crippen LogP contribution >= 0.6 is 0 Å². The van der Waals surface area contributed by atoms with Crippen LogP contribution in [0.15, 0.2) is 59.5 Å². The average molecular weight is 370 g/mol. The first-order valence-corrected chi connectivity index (χ1v) is 9.80. The summed E-state index contributed by atoms with van der Waals surface area (Å²) in [5.41, 5.74) is 3.98. The summed E-state index contributed by atoms with van der Waals surface area (Å²) in [6.07, 6.45) is 1.18. The van der Waals surface area contributed by atoms with E-state index in [1.54, 1.807) is 18.2 Å². The summed E-state index contributed by atoms with van der Waals surface area (Å²) in [4.78, 5) is 11.3. The van der Waals surface area contributed by atoms with Gasteiger partial charge in [-0.15, -0.1) is 0 Å². The maximum Gasteiger partial charge on any atom is 0.325 e. The molecule has 0 aliphatic rings. The van der Waals surface area contributed by atoms with Crippen molar-refractivity contribution in [2.75, 3.05) is 6.26 Å². The van der Waals surface area contributed by atoms with Gasteiger partial charge in [0.15, 0.2) is 9.84 Å². The zero-order valence-corrected chi connectivity index (χ0v) is 15.2. The molecule has 134 valence electrons. The summed E-state index contributed by atoms with van der Waals surface area (Å²) in [5.74, 6) is -0.955. The lowest BCUT2D eigenvalue weighted by Crippen LogP contribution is -2.11. The second kappa shape index (κ2) is 6.76. The number of aliphatic carboxylic acids is 1. The SMILES string of the molecule is Cc1cc(-c2ccc(-c3cccc(S(C)(=O)=O)c3)cc2)n(CC(=O)O)n1. The summed E-state index contributed by atoms with van der Waals surface area (Å²) in [6, 6.07) is 16.1. The van der Waals surface area contributed by atoms with Crippen molar-refractivity contribution in [1.29, 1.82) is 0 Å². The topological polar surface area (TPSA) is 89.3 Å². The summed E-state index contributed by atoms with van der Waals surface area (Å²) in [6.45, 7) is 1.61. The molecule has 1 heterocycles. The number of sulfone groups is 1. The largest absolute Gasteiger partial charge is 0.480 e. The van der Waals surface area contributed by atoms with E-state index in [9.17, 15) is 13.2 Å². The van der Waals surface area contributed by atoms with Crippen molar-refractivity contribution in [2.24, 2.45) is 0 Å². The Bertz CT molecular complexity index is 1070. The number of hydrogen-bond donors (Lipinski definition) is 1. The summed E-state index contributed by atoms with van der Waals surface area (Å²) < 4.78 is 24.9. The van der Waals surface area contributed by atoms with Gasteiger partial charge in [-0.1, -0.05) is 36.4 Å². The molecule has 7 heteroatoms. The quantitative estimate of drug-likeness (QED) is 0.746. The van der Waals surface area contributed by atoms with Crippen molar-refractivity contribution in [3.05, 3.63) is 60.3 Å². The highest BCUT2D eigenvalue weighted by Crippen LogP contribution is 2.27. The van der Waals surface area contributed by atoms with Crippen LogP contribution < -0.4 is 0 Å². The lowest BCUT2D eigenvalue weighted by Gasteiger charge is -2.08. The molecule has 1 N–H and O–H groups in total. The predicted molar refractivity (Wildman–Crippen MR) is 98.6 cm³/mol. The lowest BCUT2D eigenvalue weighted by atomic mass is 10.0. The van der Waals surface area contributed by atoms with Crippen LogP contribution in [0.3, 0.4) is 0 Å². The molecule has 0 fully saturated rings. The van der Waals surface area contributed by atoms with E-state index in [0.29, 0.717) is 0 Å². The Morgan fingerprint density at radius 2 is 1.69 bits per heavy atom. The van der Waals surface area contributed by atoms with E-state index in [0.717, 1.165) is 28.1 Å². The van der Waals surface area contributed by atoms with Crippen molar-refractivity contribution in [3.8, 4) is 22.4 Å². The van der Waals surface area contributed by atoms with E-state index < -0.39 is 15.8 Å². The molecule has 0 aliphatic carbocycles. The van der Waals surface area contributed by atoms with Gasteiger partial charge in [0.1, 0.15) is 6.54 Å². The Labute approximate surface area is 151 Å². The molecule has 0 amide bonds. The number of carbonyl (C=O) groups is 1. The fraction of sp³-hybridized carbons (Fsp3) is 0.158. The summed E-state index contributed by atoms with van der Waals surface area (Å²) >= 11 is 0. The lowest BCUT2D eigenvalue weighted by molar-refractivity contribution is -0.137. The highest BCUT2D eigenvalue weighted by Gasteiger charge is 2.12. The average Bonchev–Trinajstić information content (AvgIpc) is 2.94. The molecule has 0 radical (unpaired) electrons. The van der Waals surface area contributed by atoms with Crippen molar-refractivity contribution in [1.82, 2.24) is 9.78 Å². The Balaban J connectivity index is 1.96. The molecule has 0 aliphatic heterocycles. The predicted octanol–water partition coefficient (Wildman–Crippen LogP) is 3.01. The van der Waals surface area contributed by atoms with Gasteiger partial charge >= 0.3 is 5.97 Å². The maximum absolute atomic E-state index is 11.7. The first-order valence-electron chi connectivity index (χ1n) is 7.91. The Hall–Kier alpha value is -2.93. The fourth-order valence-corrected chi connectivity index (χ4v) is 3.43. The monoisotopic (exact) mass is 370 g/mol. The van der Waals surface area contributed by atoms with E-state index in [1.165, 1.54) is 10.9 Å². The third kappa shape index (κ3) is 3.83. The van der Waals surface area contributed by atoms with Gasteiger partial charge in [-0.3, -0.25) is 9.48 Å². The minimum absolute atomic E-state index is 0.207. The van der Waals surface area contributed by atoms with Crippen LogP contribution in [-0.4, -0.2) is 35.5 Å². The number of carboxylic acid groups (broad SMARTS) is 1. The molecule has 26 heavy (non-hydrogen) atoms. The molecule has 0 bridgehead atoms. The number of carboxylic acids is 1. The molecule has 0 spiro atoms. The third-order valence-electron chi connectivity index (χ3n) is 3.96. The van der Waals surface area contributed by atoms with Gasteiger partial charge in [-0.2, -0.15) is 5.10 Å². The number of aryl methyl sites for hydroxylation is 1. The van der Waals surface area contributed by atoms with Gasteiger partial charge in [0.25, 0.3) is 0 Å². The van der Waals surface area contributed by atoms with E-state index in [2.05, 4.69) is 5.10 Å². The highest BCUT2D eigenvalue weighted by atomic mass is 32.2. The smallest absolute Gasteiger partial charge is 0.325 e. The minimum atomic E-state index is -3.27. The first-order chi connectivity index (χ1) is 12.2. The molecule has 6 nitrogen and oxygen atoms in total. The second-order valence-corrected chi connectivity index (χ2v) is 8.12. The standard InChI is InChI=1S/C19H18N2O4S/c1-13-10-18(21(20-13)12-19(22)23)15-8-6-14(7-9-15)16-4-3-5-17(11-16)26(2,24)25/h3-11H,12H2,1-2H3,(H,22,23). The van der Waals surface area contributed by atoms with Crippen molar-refractivity contribution in [2.45, 2.75) is 18.4 Å². The first kappa shape index (κ1) is 17.9. The van der Waals surface area contributed by atoms with Crippen LogP contribution in [0.2, 0.25) is 0 Å². The fourth-order valence-electron chi connectivity index (χ4n) is 2.77. The number of nitrogens with zero attached hydrogens (tertiary/aromatic N) is 2.